The normalized spacial score (nSPS) is 17.0. The molecule has 1 fully saturated rings. The Hall–Kier alpha value is -1.68. The maximum Gasteiger partial charge on any atom is 0.156 e. The van der Waals surface area contributed by atoms with Gasteiger partial charge in [0, 0.05) is 17.3 Å². The summed E-state index contributed by atoms with van der Waals surface area (Å²) in [6.07, 6.45) is 4.22. The van der Waals surface area contributed by atoms with Crippen LogP contribution in [0, 0.1) is 5.41 Å². The van der Waals surface area contributed by atoms with Crippen molar-refractivity contribution in [2.24, 2.45) is 11.1 Å². The van der Waals surface area contributed by atoms with Gasteiger partial charge >= 0.3 is 0 Å². The molecular formula is C13H16N4. The second-order valence-corrected chi connectivity index (χ2v) is 4.84. The summed E-state index contributed by atoms with van der Waals surface area (Å²) in [5.74, 6) is 0.864. The number of rotatable bonds is 4. The third-order valence-electron chi connectivity index (χ3n) is 3.59. The average molecular weight is 228 g/mol. The first kappa shape index (κ1) is 10.5. The summed E-state index contributed by atoms with van der Waals surface area (Å²) in [6.45, 7) is 1.64. The number of aromatic nitrogens is 2. The zero-order valence-electron chi connectivity index (χ0n) is 9.69. The molecule has 1 aromatic carbocycles. The molecule has 0 spiro atoms. The molecule has 0 radical (unpaired) electrons. The summed E-state index contributed by atoms with van der Waals surface area (Å²) in [4.78, 5) is 0. The third-order valence-corrected chi connectivity index (χ3v) is 3.59. The van der Waals surface area contributed by atoms with E-state index < -0.39 is 0 Å². The van der Waals surface area contributed by atoms with Crippen LogP contribution in [0.3, 0.4) is 0 Å². The number of benzene rings is 1. The topological polar surface area (TPSA) is 63.8 Å². The van der Waals surface area contributed by atoms with Gasteiger partial charge in [-0.3, -0.25) is 0 Å². The fourth-order valence-corrected chi connectivity index (χ4v) is 2.06. The van der Waals surface area contributed by atoms with E-state index in [1.54, 1.807) is 6.20 Å². The number of nitrogens with two attached hydrogens (primary N) is 1. The van der Waals surface area contributed by atoms with Crippen LogP contribution in [0.25, 0.3) is 10.8 Å². The van der Waals surface area contributed by atoms with Crippen LogP contribution in [-0.2, 0) is 0 Å². The molecule has 4 heteroatoms. The third kappa shape index (κ3) is 1.96. The number of nitrogens with one attached hydrogen (secondary N) is 1. The first-order valence-corrected chi connectivity index (χ1v) is 5.97. The van der Waals surface area contributed by atoms with Crippen LogP contribution in [0.4, 0.5) is 5.82 Å². The minimum absolute atomic E-state index is 0.304. The molecule has 0 atom stereocenters. The summed E-state index contributed by atoms with van der Waals surface area (Å²) in [5, 5.41) is 13.8. The van der Waals surface area contributed by atoms with E-state index in [-0.39, 0.29) is 0 Å². The van der Waals surface area contributed by atoms with Gasteiger partial charge in [0.15, 0.2) is 5.82 Å². The van der Waals surface area contributed by atoms with Crippen molar-refractivity contribution in [1.29, 1.82) is 0 Å². The molecule has 0 aliphatic heterocycles. The first-order chi connectivity index (χ1) is 8.33. The van der Waals surface area contributed by atoms with E-state index in [9.17, 15) is 0 Å². The Labute approximate surface area is 100 Å². The molecule has 4 nitrogen and oxygen atoms in total. The zero-order chi connectivity index (χ0) is 11.7. The van der Waals surface area contributed by atoms with Gasteiger partial charge in [-0.1, -0.05) is 24.3 Å². The maximum atomic E-state index is 5.77. The molecule has 1 aromatic heterocycles. The van der Waals surface area contributed by atoms with Gasteiger partial charge in [-0.25, -0.2) is 0 Å². The van der Waals surface area contributed by atoms with Crippen LogP contribution >= 0.6 is 0 Å². The highest BCUT2D eigenvalue weighted by Gasteiger charge is 2.40. The SMILES string of the molecule is NCC1(CNc2nncc3ccccc23)CC1. The molecule has 88 valence electrons. The minimum atomic E-state index is 0.304. The lowest BCUT2D eigenvalue weighted by Crippen LogP contribution is -2.24. The second-order valence-electron chi connectivity index (χ2n) is 4.84. The van der Waals surface area contributed by atoms with Crippen molar-refractivity contribution >= 4 is 16.6 Å². The zero-order valence-corrected chi connectivity index (χ0v) is 9.69. The van der Waals surface area contributed by atoms with E-state index in [1.807, 2.05) is 18.2 Å². The summed E-state index contributed by atoms with van der Waals surface area (Å²) >= 11 is 0. The van der Waals surface area contributed by atoms with Crippen LogP contribution in [-0.4, -0.2) is 23.3 Å². The van der Waals surface area contributed by atoms with Gasteiger partial charge in [0.05, 0.1) is 6.20 Å². The van der Waals surface area contributed by atoms with Crippen molar-refractivity contribution in [3.8, 4) is 0 Å². The molecule has 1 aliphatic rings. The molecule has 1 aliphatic carbocycles. The summed E-state index contributed by atoms with van der Waals surface area (Å²) in [5.41, 5.74) is 6.07. The monoisotopic (exact) mass is 228 g/mol. The van der Waals surface area contributed by atoms with E-state index >= 15 is 0 Å². The van der Waals surface area contributed by atoms with E-state index in [4.69, 9.17) is 5.73 Å². The fourth-order valence-electron chi connectivity index (χ4n) is 2.06. The Bertz CT molecular complexity index is 528. The van der Waals surface area contributed by atoms with Crippen molar-refractivity contribution < 1.29 is 0 Å². The molecule has 0 amide bonds. The van der Waals surface area contributed by atoms with Crippen LogP contribution in [0.1, 0.15) is 12.8 Å². The van der Waals surface area contributed by atoms with E-state index in [2.05, 4.69) is 21.6 Å². The number of hydrogen-bond donors (Lipinski definition) is 2. The predicted molar refractivity (Wildman–Crippen MR) is 68.7 cm³/mol. The van der Waals surface area contributed by atoms with E-state index in [0.29, 0.717) is 5.41 Å². The Morgan fingerprint density at radius 2 is 2.12 bits per heavy atom. The number of fused-ring (bicyclic) bond motifs is 1. The average Bonchev–Trinajstić information content (AvgIpc) is 3.17. The maximum absolute atomic E-state index is 5.77. The molecule has 1 heterocycles. The lowest BCUT2D eigenvalue weighted by Gasteiger charge is -2.14. The van der Waals surface area contributed by atoms with Crippen LogP contribution in [0.15, 0.2) is 30.5 Å². The highest BCUT2D eigenvalue weighted by molar-refractivity contribution is 5.90. The molecule has 0 unspecified atom stereocenters. The molecule has 0 bridgehead atoms. The molecule has 0 saturated heterocycles. The summed E-state index contributed by atoms with van der Waals surface area (Å²) in [6, 6.07) is 8.14. The van der Waals surface area contributed by atoms with Gasteiger partial charge in [-0.05, 0) is 24.8 Å². The summed E-state index contributed by atoms with van der Waals surface area (Å²) in [7, 11) is 0. The van der Waals surface area contributed by atoms with Gasteiger partial charge in [0.25, 0.3) is 0 Å². The molecule has 17 heavy (non-hydrogen) atoms. The van der Waals surface area contributed by atoms with Gasteiger partial charge in [-0.2, -0.15) is 5.10 Å². The second kappa shape index (κ2) is 3.96. The molecule has 3 rings (SSSR count). The largest absolute Gasteiger partial charge is 0.367 e. The lowest BCUT2D eigenvalue weighted by atomic mass is 10.1. The van der Waals surface area contributed by atoms with Gasteiger partial charge in [0.1, 0.15) is 0 Å². The molecule has 1 saturated carbocycles. The minimum Gasteiger partial charge on any atom is -0.367 e. The van der Waals surface area contributed by atoms with Crippen molar-refractivity contribution in [2.45, 2.75) is 12.8 Å². The molecular weight excluding hydrogens is 212 g/mol. The van der Waals surface area contributed by atoms with E-state index in [1.165, 1.54) is 12.8 Å². The van der Waals surface area contributed by atoms with Gasteiger partial charge in [0.2, 0.25) is 0 Å². The highest BCUT2D eigenvalue weighted by Crippen LogP contribution is 2.44. The van der Waals surface area contributed by atoms with Crippen molar-refractivity contribution in [1.82, 2.24) is 10.2 Å². The quantitative estimate of drug-likeness (QED) is 0.837. The van der Waals surface area contributed by atoms with Crippen LogP contribution < -0.4 is 11.1 Å². The van der Waals surface area contributed by atoms with Crippen molar-refractivity contribution in [3.63, 3.8) is 0 Å². The smallest absolute Gasteiger partial charge is 0.156 e. The van der Waals surface area contributed by atoms with Gasteiger partial charge in [-0.15, -0.1) is 5.10 Å². The van der Waals surface area contributed by atoms with E-state index in [0.717, 1.165) is 29.7 Å². The lowest BCUT2D eigenvalue weighted by molar-refractivity contribution is 0.555. The van der Waals surface area contributed by atoms with Crippen molar-refractivity contribution in [3.05, 3.63) is 30.5 Å². The standard InChI is InChI=1S/C13H16N4/c14-8-13(5-6-13)9-15-12-11-4-2-1-3-10(11)7-16-17-12/h1-4,7H,5-6,8-9,14H2,(H,15,17). The van der Waals surface area contributed by atoms with Crippen molar-refractivity contribution in [2.75, 3.05) is 18.4 Å². The Kier molecular flexibility index (Phi) is 2.44. The first-order valence-electron chi connectivity index (χ1n) is 5.97. The number of anilines is 1. The highest BCUT2D eigenvalue weighted by atomic mass is 15.2. The molecule has 3 N–H and O–H groups in total. The van der Waals surface area contributed by atoms with Crippen LogP contribution in [0.5, 0.6) is 0 Å². The predicted octanol–water partition coefficient (Wildman–Crippen LogP) is 1.78. The Morgan fingerprint density at radius 3 is 2.88 bits per heavy atom. The van der Waals surface area contributed by atoms with Crippen LogP contribution in [0.2, 0.25) is 0 Å². The molecule has 2 aromatic rings. The number of hydrogen-bond acceptors (Lipinski definition) is 4. The fraction of sp³-hybridized carbons (Fsp3) is 0.385. The van der Waals surface area contributed by atoms with Gasteiger partial charge < -0.3 is 11.1 Å². The number of nitrogens with zero attached hydrogens (tertiary/aromatic N) is 2. The Morgan fingerprint density at radius 1 is 1.29 bits per heavy atom. The Balaban J connectivity index is 1.85. The summed E-state index contributed by atoms with van der Waals surface area (Å²) < 4.78 is 0.